The fourth-order valence-electron chi connectivity index (χ4n) is 4.99. The highest BCUT2D eigenvalue weighted by molar-refractivity contribution is 5.69. The molecule has 0 unspecified atom stereocenters. The van der Waals surface area contributed by atoms with E-state index in [9.17, 15) is 14.7 Å². The van der Waals surface area contributed by atoms with E-state index in [1.54, 1.807) is 0 Å². The second-order valence-corrected chi connectivity index (χ2v) is 12.7. The maximum absolute atomic E-state index is 12.0. The fourth-order valence-corrected chi connectivity index (χ4v) is 4.99. The Bertz CT molecular complexity index is 895. The smallest absolute Gasteiger partial charge is 0.305 e. The molecule has 0 aliphatic heterocycles. The standard InChI is InChI=1S/C43H72O5/c1-3-5-7-9-11-13-15-17-19-20-21-22-24-26-28-30-32-34-36-38-43(46)48-40-41(44)39-47-42(45)37-35-33-31-29-27-25-23-18-16-14-12-10-8-6-4-2/h5,7,11,13,17-19,21-23,26,28,41,44H,3-4,6,8-10,12,14-16,20,24-25,27,29-40H2,1-2H3/b7-5-,13-11-,19-17-,22-21-,23-18-,28-26-/t41-/m1/s1. The Morgan fingerprint density at radius 3 is 1.23 bits per heavy atom. The van der Waals surface area contributed by atoms with E-state index in [-0.39, 0.29) is 25.2 Å². The molecule has 0 spiro atoms. The molecule has 274 valence electrons. The first-order chi connectivity index (χ1) is 23.6. The molecule has 0 aliphatic carbocycles. The quantitative estimate of drug-likeness (QED) is 0.0420. The molecule has 1 N–H and O–H groups in total. The van der Waals surface area contributed by atoms with Crippen LogP contribution in [-0.2, 0) is 19.1 Å². The van der Waals surface area contributed by atoms with Gasteiger partial charge in [-0.15, -0.1) is 0 Å². The SMILES string of the molecule is CC/C=C\C/C=C\C/C=C\C/C=C\C/C=C\CCCCCC(=O)OC[C@H](O)COC(=O)CCCCCCC/C=C\CCCCCCCC. The number of carbonyl (C=O) groups excluding carboxylic acids is 2. The highest BCUT2D eigenvalue weighted by Gasteiger charge is 2.12. The molecule has 0 aromatic rings. The second kappa shape index (κ2) is 38.8. The van der Waals surface area contributed by atoms with Crippen molar-refractivity contribution < 1.29 is 24.2 Å². The van der Waals surface area contributed by atoms with Crippen LogP contribution in [0.4, 0.5) is 0 Å². The van der Waals surface area contributed by atoms with Gasteiger partial charge >= 0.3 is 11.9 Å². The van der Waals surface area contributed by atoms with Crippen LogP contribution in [0.25, 0.3) is 0 Å². The number of allylic oxidation sites excluding steroid dienone is 12. The molecule has 0 rings (SSSR count). The van der Waals surface area contributed by atoms with Crippen LogP contribution in [0.3, 0.4) is 0 Å². The summed E-state index contributed by atoms with van der Waals surface area (Å²) in [6.07, 6.45) is 50.9. The zero-order valence-corrected chi connectivity index (χ0v) is 31.0. The molecule has 0 bridgehead atoms. The molecule has 0 saturated carbocycles. The number of aliphatic hydroxyl groups excluding tert-OH is 1. The Morgan fingerprint density at radius 1 is 0.458 bits per heavy atom. The Labute approximate surface area is 295 Å². The minimum absolute atomic E-state index is 0.134. The lowest BCUT2D eigenvalue weighted by atomic mass is 10.1. The van der Waals surface area contributed by atoms with E-state index in [0.29, 0.717) is 12.8 Å². The largest absolute Gasteiger partial charge is 0.463 e. The predicted molar refractivity (Wildman–Crippen MR) is 205 cm³/mol. The van der Waals surface area contributed by atoms with E-state index in [0.717, 1.165) is 83.5 Å². The second-order valence-electron chi connectivity index (χ2n) is 12.7. The van der Waals surface area contributed by atoms with Crippen molar-refractivity contribution in [1.82, 2.24) is 0 Å². The number of rotatable bonds is 34. The lowest BCUT2D eigenvalue weighted by Gasteiger charge is -2.12. The number of unbranched alkanes of at least 4 members (excludes halogenated alkanes) is 14. The van der Waals surface area contributed by atoms with Gasteiger partial charge in [-0.25, -0.2) is 0 Å². The van der Waals surface area contributed by atoms with E-state index in [4.69, 9.17) is 9.47 Å². The van der Waals surface area contributed by atoms with Crippen molar-refractivity contribution in [2.24, 2.45) is 0 Å². The van der Waals surface area contributed by atoms with E-state index in [2.05, 4.69) is 86.8 Å². The van der Waals surface area contributed by atoms with Crippen molar-refractivity contribution in [2.75, 3.05) is 13.2 Å². The summed E-state index contributed by atoms with van der Waals surface area (Å²) in [6.45, 7) is 4.13. The normalized spacial score (nSPS) is 13.0. The van der Waals surface area contributed by atoms with Crippen LogP contribution in [-0.4, -0.2) is 36.4 Å². The molecule has 0 aromatic heterocycles. The summed E-state index contributed by atoms with van der Waals surface area (Å²) in [5.74, 6) is -0.617. The molecule has 0 fully saturated rings. The number of hydrogen-bond acceptors (Lipinski definition) is 5. The van der Waals surface area contributed by atoms with Crippen LogP contribution in [0.15, 0.2) is 72.9 Å². The summed E-state index contributed by atoms with van der Waals surface area (Å²) < 4.78 is 10.3. The first-order valence-corrected chi connectivity index (χ1v) is 19.5. The number of ether oxygens (including phenoxy) is 2. The molecule has 0 heterocycles. The van der Waals surface area contributed by atoms with Crippen molar-refractivity contribution in [1.29, 1.82) is 0 Å². The van der Waals surface area contributed by atoms with Gasteiger partial charge in [-0.2, -0.15) is 0 Å². The maximum atomic E-state index is 12.0. The van der Waals surface area contributed by atoms with Crippen molar-refractivity contribution in [3.63, 3.8) is 0 Å². The van der Waals surface area contributed by atoms with Crippen LogP contribution in [0.5, 0.6) is 0 Å². The van der Waals surface area contributed by atoms with Gasteiger partial charge in [0.05, 0.1) is 0 Å². The lowest BCUT2D eigenvalue weighted by Crippen LogP contribution is -2.25. The van der Waals surface area contributed by atoms with Crippen LogP contribution < -0.4 is 0 Å². The van der Waals surface area contributed by atoms with E-state index in [1.165, 1.54) is 57.8 Å². The first-order valence-electron chi connectivity index (χ1n) is 19.5. The van der Waals surface area contributed by atoms with Gasteiger partial charge in [-0.1, -0.05) is 145 Å². The zero-order chi connectivity index (χ0) is 35.0. The van der Waals surface area contributed by atoms with Gasteiger partial charge < -0.3 is 14.6 Å². The van der Waals surface area contributed by atoms with Crippen molar-refractivity contribution in [3.8, 4) is 0 Å². The fraction of sp³-hybridized carbons (Fsp3) is 0.674. The summed E-state index contributed by atoms with van der Waals surface area (Å²) in [5.41, 5.74) is 0. The van der Waals surface area contributed by atoms with Gasteiger partial charge in [0.15, 0.2) is 0 Å². The molecule has 0 aliphatic rings. The lowest BCUT2D eigenvalue weighted by molar-refractivity contribution is -0.152. The highest BCUT2D eigenvalue weighted by atomic mass is 16.6. The average Bonchev–Trinajstić information content (AvgIpc) is 3.09. The summed E-state index contributed by atoms with van der Waals surface area (Å²) >= 11 is 0. The van der Waals surface area contributed by atoms with Crippen molar-refractivity contribution >= 4 is 11.9 Å². The van der Waals surface area contributed by atoms with Crippen LogP contribution in [0.2, 0.25) is 0 Å². The van der Waals surface area contributed by atoms with Crippen LogP contribution in [0, 0.1) is 0 Å². The maximum Gasteiger partial charge on any atom is 0.305 e. The molecule has 48 heavy (non-hydrogen) atoms. The minimum Gasteiger partial charge on any atom is -0.463 e. The topological polar surface area (TPSA) is 72.8 Å². The highest BCUT2D eigenvalue weighted by Crippen LogP contribution is 2.11. The number of carbonyl (C=O) groups is 2. The molecule has 5 nitrogen and oxygen atoms in total. The summed E-state index contributed by atoms with van der Waals surface area (Å²) in [5, 5.41) is 10.0. The summed E-state index contributed by atoms with van der Waals surface area (Å²) in [7, 11) is 0. The summed E-state index contributed by atoms with van der Waals surface area (Å²) in [4.78, 5) is 23.9. The van der Waals surface area contributed by atoms with Gasteiger partial charge in [0.1, 0.15) is 19.3 Å². The summed E-state index contributed by atoms with van der Waals surface area (Å²) in [6, 6.07) is 0. The molecule has 0 amide bonds. The number of aliphatic hydroxyl groups is 1. The van der Waals surface area contributed by atoms with Crippen molar-refractivity contribution in [2.45, 2.75) is 174 Å². The third kappa shape index (κ3) is 37.8. The van der Waals surface area contributed by atoms with Crippen LogP contribution in [0.1, 0.15) is 168 Å². The van der Waals surface area contributed by atoms with E-state index < -0.39 is 6.10 Å². The molecular weight excluding hydrogens is 596 g/mol. The van der Waals surface area contributed by atoms with Gasteiger partial charge in [0.25, 0.3) is 0 Å². The Balaban J connectivity index is 3.55. The number of esters is 2. The predicted octanol–water partition coefficient (Wildman–Crippen LogP) is 12.2. The Kier molecular flexibility index (Phi) is 36.6. The van der Waals surface area contributed by atoms with Crippen molar-refractivity contribution in [3.05, 3.63) is 72.9 Å². The van der Waals surface area contributed by atoms with Gasteiger partial charge in [-0.3, -0.25) is 9.59 Å². The molecule has 0 aromatic carbocycles. The zero-order valence-electron chi connectivity index (χ0n) is 31.0. The minimum atomic E-state index is -0.984. The molecular formula is C43H72O5. The molecule has 1 atom stereocenters. The Morgan fingerprint density at radius 2 is 0.792 bits per heavy atom. The van der Waals surface area contributed by atoms with Gasteiger partial charge in [0.2, 0.25) is 0 Å². The molecule has 0 radical (unpaired) electrons. The molecule has 0 saturated heterocycles. The third-order valence-corrected chi connectivity index (χ3v) is 7.93. The molecule has 5 heteroatoms. The average molecular weight is 669 g/mol. The monoisotopic (exact) mass is 669 g/mol. The van der Waals surface area contributed by atoms with E-state index >= 15 is 0 Å². The first kappa shape index (κ1) is 45.3. The van der Waals surface area contributed by atoms with Crippen LogP contribution >= 0.6 is 0 Å². The van der Waals surface area contributed by atoms with E-state index in [1.807, 2.05) is 0 Å². The van der Waals surface area contributed by atoms with Gasteiger partial charge in [0, 0.05) is 12.8 Å². The van der Waals surface area contributed by atoms with Gasteiger partial charge in [-0.05, 0) is 83.5 Å². The Hall–Kier alpha value is -2.66. The number of hydrogen-bond donors (Lipinski definition) is 1. The third-order valence-electron chi connectivity index (χ3n) is 7.93.